The van der Waals surface area contributed by atoms with E-state index in [0.29, 0.717) is 24.4 Å². The number of hydrogen-bond acceptors (Lipinski definition) is 5. The van der Waals surface area contributed by atoms with Crippen molar-refractivity contribution in [2.24, 2.45) is 0 Å². The van der Waals surface area contributed by atoms with Crippen LogP contribution >= 0.6 is 12.2 Å². The van der Waals surface area contributed by atoms with Crippen LogP contribution in [0.3, 0.4) is 0 Å². The van der Waals surface area contributed by atoms with E-state index < -0.39 is 0 Å². The van der Waals surface area contributed by atoms with Gasteiger partial charge in [0.2, 0.25) is 0 Å². The third-order valence-electron chi connectivity index (χ3n) is 6.05. The lowest BCUT2D eigenvalue weighted by atomic mass is 10.0. The van der Waals surface area contributed by atoms with E-state index in [1.54, 1.807) is 18.2 Å². The van der Waals surface area contributed by atoms with Crippen LogP contribution in [0.4, 0.5) is 11.4 Å². The number of fused-ring (bicyclic) bond motifs is 1. The molecule has 1 saturated heterocycles. The Hall–Kier alpha value is -4.17. The van der Waals surface area contributed by atoms with Gasteiger partial charge >= 0.3 is 0 Å². The van der Waals surface area contributed by atoms with Crippen LogP contribution in [0.1, 0.15) is 20.9 Å². The Morgan fingerprint density at radius 1 is 0.829 bits per heavy atom. The van der Waals surface area contributed by atoms with Crippen molar-refractivity contribution < 1.29 is 14.0 Å². The van der Waals surface area contributed by atoms with Crippen molar-refractivity contribution in [1.29, 1.82) is 0 Å². The highest BCUT2D eigenvalue weighted by Crippen LogP contribution is 2.21. The van der Waals surface area contributed by atoms with Crippen LogP contribution in [0.2, 0.25) is 0 Å². The van der Waals surface area contributed by atoms with Gasteiger partial charge in [-0.3, -0.25) is 14.9 Å². The second kappa shape index (κ2) is 9.99. The molecule has 2 N–H and O–H groups in total. The molecular formula is C27H24N4O3S. The van der Waals surface area contributed by atoms with Crippen molar-refractivity contribution in [3.8, 4) is 0 Å². The molecule has 0 aliphatic carbocycles. The minimum atomic E-state index is -0.252. The molecular weight excluding hydrogens is 460 g/mol. The van der Waals surface area contributed by atoms with Crippen LogP contribution in [-0.4, -0.2) is 48.0 Å². The third-order valence-corrected chi connectivity index (χ3v) is 6.25. The Morgan fingerprint density at radius 3 is 2.31 bits per heavy atom. The zero-order valence-electron chi connectivity index (χ0n) is 18.9. The van der Waals surface area contributed by atoms with E-state index in [2.05, 4.69) is 15.5 Å². The predicted octanol–water partition coefficient (Wildman–Crippen LogP) is 4.52. The lowest BCUT2D eigenvalue weighted by Gasteiger charge is -2.35. The highest BCUT2D eigenvalue weighted by atomic mass is 32.1. The molecule has 1 aliphatic heterocycles. The number of nitrogens with one attached hydrogen (secondary N) is 2. The summed E-state index contributed by atoms with van der Waals surface area (Å²) in [6, 6.07) is 24.6. The van der Waals surface area contributed by atoms with Gasteiger partial charge in [0.1, 0.15) is 0 Å². The van der Waals surface area contributed by atoms with Crippen molar-refractivity contribution in [2.45, 2.75) is 0 Å². The molecule has 0 spiro atoms. The van der Waals surface area contributed by atoms with Gasteiger partial charge in [-0.15, -0.1) is 0 Å². The summed E-state index contributed by atoms with van der Waals surface area (Å²) in [6.45, 7) is 2.73. The molecule has 1 aliphatic rings. The number of anilines is 2. The van der Waals surface area contributed by atoms with E-state index in [1.807, 2.05) is 65.6 Å². The maximum atomic E-state index is 12.8. The first-order valence-electron chi connectivity index (χ1n) is 11.4. The monoisotopic (exact) mass is 484 g/mol. The first-order chi connectivity index (χ1) is 17.1. The fourth-order valence-electron chi connectivity index (χ4n) is 4.24. The summed E-state index contributed by atoms with van der Waals surface area (Å²) in [4.78, 5) is 29.3. The topological polar surface area (TPSA) is 77.8 Å². The zero-order valence-corrected chi connectivity index (χ0v) is 19.8. The summed E-state index contributed by atoms with van der Waals surface area (Å²) in [5.41, 5.74) is 2.42. The smallest absolute Gasteiger partial charge is 0.289 e. The van der Waals surface area contributed by atoms with Crippen LogP contribution in [-0.2, 0) is 0 Å². The highest BCUT2D eigenvalue weighted by Gasteiger charge is 2.23. The van der Waals surface area contributed by atoms with E-state index >= 15 is 0 Å². The molecule has 0 radical (unpaired) electrons. The average molecular weight is 485 g/mol. The summed E-state index contributed by atoms with van der Waals surface area (Å²) in [7, 11) is 0. The molecule has 0 saturated carbocycles. The Balaban J connectivity index is 1.15. The van der Waals surface area contributed by atoms with Gasteiger partial charge in [-0.25, -0.2) is 0 Å². The maximum absolute atomic E-state index is 12.8. The van der Waals surface area contributed by atoms with E-state index in [1.165, 1.54) is 6.26 Å². The highest BCUT2D eigenvalue weighted by molar-refractivity contribution is 7.80. The second-order valence-corrected chi connectivity index (χ2v) is 8.65. The number of nitrogens with zero attached hydrogens (tertiary/aromatic N) is 2. The van der Waals surface area contributed by atoms with Crippen LogP contribution < -0.4 is 15.5 Å². The molecule has 35 heavy (non-hydrogen) atoms. The van der Waals surface area contributed by atoms with E-state index in [0.717, 1.165) is 35.2 Å². The van der Waals surface area contributed by atoms with Gasteiger partial charge < -0.3 is 19.5 Å². The summed E-state index contributed by atoms with van der Waals surface area (Å²) < 4.78 is 5.22. The van der Waals surface area contributed by atoms with Gasteiger partial charge in [0.25, 0.3) is 11.8 Å². The molecule has 176 valence electrons. The number of furan rings is 1. The fraction of sp³-hybridized carbons (Fsp3) is 0.148. The molecule has 7 nitrogen and oxygen atoms in total. The van der Waals surface area contributed by atoms with Gasteiger partial charge in [-0.2, -0.15) is 0 Å². The number of hydrogen-bond donors (Lipinski definition) is 2. The largest absolute Gasteiger partial charge is 0.459 e. The van der Waals surface area contributed by atoms with Gasteiger partial charge in [-0.1, -0.05) is 36.4 Å². The van der Waals surface area contributed by atoms with Gasteiger partial charge in [0, 0.05) is 43.1 Å². The lowest BCUT2D eigenvalue weighted by Crippen LogP contribution is -2.48. The van der Waals surface area contributed by atoms with Crippen molar-refractivity contribution >= 4 is 51.3 Å². The Kier molecular flexibility index (Phi) is 6.45. The molecule has 1 fully saturated rings. The molecule has 0 bridgehead atoms. The lowest BCUT2D eigenvalue weighted by molar-refractivity contribution is 0.0714. The molecule has 4 aromatic rings. The first kappa shape index (κ1) is 22.6. The van der Waals surface area contributed by atoms with E-state index in [-0.39, 0.29) is 16.9 Å². The van der Waals surface area contributed by atoms with Gasteiger partial charge in [0.15, 0.2) is 10.9 Å². The van der Waals surface area contributed by atoms with E-state index in [9.17, 15) is 9.59 Å². The van der Waals surface area contributed by atoms with Crippen molar-refractivity contribution in [1.82, 2.24) is 10.2 Å². The number of carbonyl (C=O) groups is 2. The molecule has 3 aromatic carbocycles. The molecule has 0 atom stereocenters. The minimum Gasteiger partial charge on any atom is -0.459 e. The average Bonchev–Trinajstić information content (AvgIpc) is 3.43. The third kappa shape index (κ3) is 5.02. The molecule has 8 heteroatoms. The van der Waals surface area contributed by atoms with Crippen molar-refractivity contribution in [3.63, 3.8) is 0 Å². The van der Waals surface area contributed by atoms with Gasteiger partial charge in [-0.05, 0) is 65.5 Å². The summed E-state index contributed by atoms with van der Waals surface area (Å²) in [5.74, 6) is 0.0449. The Labute approximate surface area is 208 Å². The Morgan fingerprint density at radius 2 is 1.57 bits per heavy atom. The standard InChI is InChI=1S/C27H24N4O3S/c32-25(23-8-3-6-19-5-1-2-7-22(19)23)29-27(35)28-20-10-12-21(13-11-20)30-14-16-31(17-15-30)26(33)24-9-4-18-34-24/h1-13,18H,14-17H2,(H2,28,29,32,35). The molecule has 2 amide bonds. The van der Waals surface area contributed by atoms with Gasteiger partial charge in [0.05, 0.1) is 6.26 Å². The van der Waals surface area contributed by atoms with Crippen molar-refractivity contribution in [3.05, 3.63) is 96.4 Å². The maximum Gasteiger partial charge on any atom is 0.289 e. The summed E-state index contributed by atoms with van der Waals surface area (Å²) >= 11 is 5.37. The second-order valence-electron chi connectivity index (χ2n) is 8.24. The molecule has 0 unspecified atom stereocenters. The summed E-state index contributed by atoms with van der Waals surface area (Å²) in [6.07, 6.45) is 1.51. The van der Waals surface area contributed by atoms with Crippen LogP contribution in [0.15, 0.2) is 89.5 Å². The van der Waals surface area contributed by atoms with Crippen LogP contribution in [0.5, 0.6) is 0 Å². The number of piperazine rings is 1. The zero-order chi connectivity index (χ0) is 24.2. The number of thiocarbonyl (C=S) groups is 1. The normalized spacial score (nSPS) is 13.5. The van der Waals surface area contributed by atoms with Crippen molar-refractivity contribution in [2.75, 3.05) is 36.4 Å². The predicted molar refractivity (Wildman–Crippen MR) is 141 cm³/mol. The first-order valence-corrected chi connectivity index (χ1v) is 11.8. The van der Waals surface area contributed by atoms with E-state index in [4.69, 9.17) is 16.6 Å². The number of rotatable bonds is 4. The molecule has 1 aromatic heterocycles. The summed E-state index contributed by atoms with van der Waals surface area (Å²) in [5, 5.41) is 7.96. The molecule has 2 heterocycles. The molecule has 5 rings (SSSR count). The fourth-order valence-corrected chi connectivity index (χ4v) is 4.45. The van der Waals surface area contributed by atoms with Crippen LogP contribution in [0, 0.1) is 0 Å². The number of carbonyl (C=O) groups excluding carboxylic acids is 2. The number of benzene rings is 3. The number of amides is 2. The minimum absolute atomic E-state index is 0.0757. The quantitative estimate of drug-likeness (QED) is 0.415. The Bertz CT molecular complexity index is 1360. The SMILES string of the molecule is O=C(NC(=S)Nc1ccc(N2CCN(C(=O)c3ccco3)CC2)cc1)c1cccc2ccccc12. The van der Waals surface area contributed by atoms with Crippen LogP contribution in [0.25, 0.3) is 10.8 Å².